The van der Waals surface area contributed by atoms with E-state index in [9.17, 15) is 9.59 Å². The van der Waals surface area contributed by atoms with E-state index in [1.54, 1.807) is 56.3 Å². The lowest BCUT2D eigenvalue weighted by atomic mass is 10.2. The summed E-state index contributed by atoms with van der Waals surface area (Å²) >= 11 is 5.91. The first-order valence-corrected chi connectivity index (χ1v) is 8.29. The lowest BCUT2D eigenvalue weighted by Crippen LogP contribution is -2.30. The van der Waals surface area contributed by atoms with Crippen LogP contribution in [0.25, 0.3) is 0 Å². The number of carbonyl (C=O) groups is 2. The van der Waals surface area contributed by atoms with Crippen LogP contribution < -0.4 is 10.1 Å². The lowest BCUT2D eigenvalue weighted by molar-refractivity contribution is -0.122. The van der Waals surface area contributed by atoms with Crippen LogP contribution in [-0.2, 0) is 9.53 Å². The van der Waals surface area contributed by atoms with Crippen LogP contribution in [0.4, 0.5) is 5.69 Å². The average molecular weight is 362 g/mol. The van der Waals surface area contributed by atoms with Gasteiger partial charge in [-0.1, -0.05) is 17.7 Å². The minimum atomic E-state index is -0.717. The van der Waals surface area contributed by atoms with E-state index >= 15 is 0 Å². The quantitative estimate of drug-likeness (QED) is 0.782. The summed E-state index contributed by atoms with van der Waals surface area (Å²) in [6, 6.07) is 11.8. The van der Waals surface area contributed by atoms with E-state index in [4.69, 9.17) is 21.1 Å². The highest BCUT2D eigenvalue weighted by Gasteiger charge is 2.17. The largest absolute Gasteiger partial charge is 0.481 e. The number of benzene rings is 2. The molecule has 0 heterocycles. The van der Waals surface area contributed by atoms with Gasteiger partial charge in [0, 0.05) is 10.7 Å². The first-order valence-electron chi connectivity index (χ1n) is 7.91. The summed E-state index contributed by atoms with van der Waals surface area (Å²) in [4.78, 5) is 24.1. The zero-order valence-electron chi connectivity index (χ0n) is 14.3. The SMILES string of the molecule is CCOC(=O)c1cccc(NC(=O)[C@H](C)Oc2ccc(Cl)cc2C)c1. The Hall–Kier alpha value is -2.53. The lowest BCUT2D eigenvalue weighted by Gasteiger charge is -2.16. The number of halogens is 1. The Morgan fingerprint density at radius 3 is 2.64 bits per heavy atom. The van der Waals surface area contributed by atoms with Crippen LogP contribution in [0.15, 0.2) is 42.5 Å². The van der Waals surface area contributed by atoms with E-state index in [-0.39, 0.29) is 5.91 Å². The van der Waals surface area contributed by atoms with Crippen molar-refractivity contribution in [2.24, 2.45) is 0 Å². The highest BCUT2D eigenvalue weighted by Crippen LogP contribution is 2.23. The smallest absolute Gasteiger partial charge is 0.338 e. The van der Waals surface area contributed by atoms with Gasteiger partial charge in [0.05, 0.1) is 12.2 Å². The predicted octanol–water partition coefficient (Wildman–Crippen LogP) is 4.23. The molecule has 2 aromatic carbocycles. The van der Waals surface area contributed by atoms with E-state index in [0.717, 1.165) is 5.56 Å². The number of nitrogens with one attached hydrogen (secondary N) is 1. The number of rotatable bonds is 6. The van der Waals surface area contributed by atoms with Crippen molar-refractivity contribution in [1.29, 1.82) is 0 Å². The van der Waals surface area contributed by atoms with E-state index in [0.29, 0.717) is 28.6 Å². The van der Waals surface area contributed by atoms with Crippen LogP contribution in [0, 0.1) is 6.92 Å². The number of aryl methyl sites for hydroxylation is 1. The highest BCUT2D eigenvalue weighted by atomic mass is 35.5. The van der Waals surface area contributed by atoms with Gasteiger partial charge in [-0.3, -0.25) is 4.79 Å². The number of carbonyl (C=O) groups excluding carboxylic acids is 2. The van der Waals surface area contributed by atoms with E-state index in [2.05, 4.69) is 5.32 Å². The van der Waals surface area contributed by atoms with E-state index in [1.165, 1.54) is 0 Å². The first-order chi connectivity index (χ1) is 11.9. The molecule has 1 atom stereocenters. The number of esters is 1. The Morgan fingerprint density at radius 2 is 1.96 bits per heavy atom. The van der Waals surface area contributed by atoms with Gasteiger partial charge >= 0.3 is 5.97 Å². The fourth-order valence-corrected chi connectivity index (χ4v) is 2.40. The van der Waals surface area contributed by atoms with Crippen LogP contribution >= 0.6 is 11.6 Å². The molecular formula is C19H20ClNO4. The summed E-state index contributed by atoms with van der Waals surface area (Å²) < 4.78 is 10.6. The number of amides is 1. The Morgan fingerprint density at radius 1 is 1.20 bits per heavy atom. The van der Waals surface area contributed by atoms with Crippen molar-refractivity contribution in [1.82, 2.24) is 0 Å². The normalized spacial score (nSPS) is 11.5. The second kappa shape index (κ2) is 8.53. The van der Waals surface area contributed by atoms with Crippen LogP contribution in [-0.4, -0.2) is 24.6 Å². The summed E-state index contributed by atoms with van der Waals surface area (Å²) in [5, 5.41) is 3.34. The molecule has 0 aliphatic heterocycles. The fourth-order valence-electron chi connectivity index (χ4n) is 2.17. The Bertz CT molecular complexity index is 776. The Labute approximate surface area is 151 Å². The summed E-state index contributed by atoms with van der Waals surface area (Å²) in [6.07, 6.45) is -0.717. The van der Waals surface area contributed by atoms with Gasteiger partial charge < -0.3 is 14.8 Å². The maximum Gasteiger partial charge on any atom is 0.338 e. The summed E-state index contributed by atoms with van der Waals surface area (Å²) in [5.74, 6) is -0.164. The van der Waals surface area contributed by atoms with Gasteiger partial charge in [-0.2, -0.15) is 0 Å². The van der Waals surface area contributed by atoms with Crippen molar-refractivity contribution in [3.8, 4) is 5.75 Å². The van der Waals surface area contributed by atoms with Gasteiger partial charge in [0.1, 0.15) is 5.75 Å². The molecule has 0 aliphatic carbocycles. The molecular weight excluding hydrogens is 342 g/mol. The summed E-state index contributed by atoms with van der Waals surface area (Å²) in [7, 11) is 0. The number of ether oxygens (including phenoxy) is 2. The van der Waals surface area contributed by atoms with Crippen LogP contribution in [0.1, 0.15) is 29.8 Å². The minimum absolute atomic E-state index is 0.292. The van der Waals surface area contributed by atoms with Gasteiger partial charge in [0.2, 0.25) is 0 Å². The molecule has 25 heavy (non-hydrogen) atoms. The third-order valence-electron chi connectivity index (χ3n) is 3.45. The predicted molar refractivity (Wildman–Crippen MR) is 97.3 cm³/mol. The molecule has 0 saturated carbocycles. The molecule has 0 spiro atoms. The van der Waals surface area contributed by atoms with Crippen LogP contribution in [0.5, 0.6) is 5.75 Å². The van der Waals surface area contributed by atoms with Gasteiger partial charge in [-0.05, 0) is 62.7 Å². The maximum absolute atomic E-state index is 12.3. The standard InChI is InChI=1S/C19H20ClNO4/c1-4-24-19(23)14-6-5-7-16(11-14)21-18(22)13(3)25-17-9-8-15(20)10-12(17)2/h5-11,13H,4H2,1-3H3,(H,21,22)/t13-/m0/s1. The molecule has 2 rings (SSSR count). The Kier molecular flexibility index (Phi) is 6.42. The molecule has 0 aromatic heterocycles. The number of hydrogen-bond donors (Lipinski definition) is 1. The molecule has 132 valence electrons. The van der Waals surface area contributed by atoms with E-state index < -0.39 is 12.1 Å². The highest BCUT2D eigenvalue weighted by molar-refractivity contribution is 6.30. The second-order valence-electron chi connectivity index (χ2n) is 5.46. The van der Waals surface area contributed by atoms with Crippen molar-refractivity contribution in [3.63, 3.8) is 0 Å². The van der Waals surface area contributed by atoms with Crippen molar-refractivity contribution in [2.45, 2.75) is 26.9 Å². The van der Waals surface area contributed by atoms with Gasteiger partial charge in [-0.25, -0.2) is 4.79 Å². The monoisotopic (exact) mass is 361 g/mol. The molecule has 5 nitrogen and oxygen atoms in total. The zero-order valence-corrected chi connectivity index (χ0v) is 15.1. The molecule has 0 unspecified atom stereocenters. The molecule has 2 aromatic rings. The second-order valence-corrected chi connectivity index (χ2v) is 5.90. The number of hydrogen-bond acceptors (Lipinski definition) is 4. The molecule has 0 bridgehead atoms. The molecule has 1 N–H and O–H groups in total. The van der Waals surface area contributed by atoms with E-state index in [1.807, 2.05) is 6.92 Å². The third-order valence-corrected chi connectivity index (χ3v) is 3.69. The van der Waals surface area contributed by atoms with Gasteiger partial charge in [0.15, 0.2) is 6.10 Å². The molecule has 0 aliphatic rings. The minimum Gasteiger partial charge on any atom is -0.481 e. The number of anilines is 1. The van der Waals surface area contributed by atoms with Gasteiger partial charge in [0.25, 0.3) is 5.91 Å². The zero-order chi connectivity index (χ0) is 18.4. The van der Waals surface area contributed by atoms with Crippen molar-refractivity contribution in [3.05, 3.63) is 58.6 Å². The molecule has 0 saturated heterocycles. The summed E-state index contributed by atoms with van der Waals surface area (Å²) in [5.41, 5.74) is 1.72. The topological polar surface area (TPSA) is 64.6 Å². The van der Waals surface area contributed by atoms with Gasteiger partial charge in [-0.15, -0.1) is 0 Å². The average Bonchev–Trinajstić information content (AvgIpc) is 2.57. The van der Waals surface area contributed by atoms with Crippen molar-refractivity contribution < 1.29 is 19.1 Å². The van der Waals surface area contributed by atoms with Crippen molar-refractivity contribution in [2.75, 3.05) is 11.9 Å². The first kappa shape index (κ1) is 18.8. The third kappa shape index (κ3) is 5.22. The summed E-state index contributed by atoms with van der Waals surface area (Å²) in [6.45, 7) is 5.54. The Balaban J connectivity index is 2.03. The molecule has 6 heteroatoms. The molecule has 1 amide bonds. The van der Waals surface area contributed by atoms with Crippen molar-refractivity contribution >= 4 is 29.2 Å². The fraction of sp³-hybridized carbons (Fsp3) is 0.263. The maximum atomic E-state index is 12.3. The van der Waals surface area contributed by atoms with Crippen LogP contribution in [0.2, 0.25) is 5.02 Å². The van der Waals surface area contributed by atoms with Crippen LogP contribution in [0.3, 0.4) is 0 Å². The molecule has 0 radical (unpaired) electrons. The molecule has 0 fully saturated rings.